The van der Waals surface area contributed by atoms with Gasteiger partial charge in [0.15, 0.2) is 0 Å². The molecule has 1 N–H and O–H groups in total. The van der Waals surface area contributed by atoms with Gasteiger partial charge in [0.05, 0.1) is 5.41 Å². The van der Waals surface area contributed by atoms with Gasteiger partial charge in [0.25, 0.3) is 0 Å². The van der Waals surface area contributed by atoms with E-state index in [-0.39, 0.29) is 31.2 Å². The summed E-state index contributed by atoms with van der Waals surface area (Å²) >= 11 is 0. The predicted octanol–water partition coefficient (Wildman–Crippen LogP) is 7.20. The lowest BCUT2D eigenvalue weighted by Crippen LogP contribution is -2.62. The van der Waals surface area contributed by atoms with E-state index in [0.717, 1.165) is 54.4 Å². The van der Waals surface area contributed by atoms with Crippen LogP contribution < -0.4 is 0 Å². The zero-order valence-electron chi connectivity index (χ0n) is 25.6. The van der Waals surface area contributed by atoms with E-state index in [1.807, 2.05) is 49.9 Å². The molecule has 0 aromatic heterocycles. The summed E-state index contributed by atoms with van der Waals surface area (Å²) in [5, 5.41) is 10.1. The third kappa shape index (κ3) is 5.73. The molecule has 1 unspecified atom stereocenters. The molecule has 8 heteroatoms. The van der Waals surface area contributed by atoms with Gasteiger partial charge in [0.1, 0.15) is 12.2 Å². The van der Waals surface area contributed by atoms with Crippen LogP contribution in [0.3, 0.4) is 0 Å². The number of piperidine rings is 1. The van der Waals surface area contributed by atoms with E-state index in [0.29, 0.717) is 32.2 Å². The number of likely N-dealkylation sites (tertiary alicyclic amines) is 1. The van der Waals surface area contributed by atoms with Gasteiger partial charge in [0.2, 0.25) is 0 Å². The summed E-state index contributed by atoms with van der Waals surface area (Å²) in [6.45, 7) is 6.42. The molecule has 1 saturated heterocycles. The highest BCUT2D eigenvalue weighted by atomic mass is 16.6. The van der Waals surface area contributed by atoms with E-state index in [2.05, 4.69) is 24.3 Å². The van der Waals surface area contributed by atoms with E-state index in [9.17, 15) is 19.5 Å². The standard InChI is InChI=1S/C35H44N2O6/c1-33(2,3)43-32(41)37-20-15-24(21-35(37)16-9-4-10-17-35)36(23-34(18-19-34)30(38)39)31(40)42-22-29-27-13-7-5-11-25(27)26-12-6-8-14-28(26)29/h5-8,11-14,24,29H,4,9-10,15-23H2,1-3H3,(H,38,39). The Balaban J connectivity index is 1.24. The SMILES string of the molecule is CC(C)(C)OC(=O)N1CCC(N(CC2(C(=O)O)CC2)C(=O)OCC2c3ccccc3-c3ccccc32)CC12CCCCC2. The third-order valence-corrected chi connectivity index (χ3v) is 10.1. The number of ether oxygens (including phenoxy) is 2. The highest BCUT2D eigenvalue weighted by molar-refractivity contribution is 5.80. The van der Waals surface area contributed by atoms with Gasteiger partial charge in [-0.05, 0) is 81.5 Å². The molecule has 8 nitrogen and oxygen atoms in total. The van der Waals surface area contributed by atoms with Gasteiger partial charge in [-0.3, -0.25) is 4.79 Å². The average Bonchev–Trinajstić information content (AvgIpc) is 3.70. The van der Waals surface area contributed by atoms with Crippen molar-refractivity contribution in [2.24, 2.45) is 5.41 Å². The molecule has 43 heavy (non-hydrogen) atoms. The van der Waals surface area contributed by atoms with Crippen LogP contribution in [0.15, 0.2) is 48.5 Å². The average molecular weight is 589 g/mol. The lowest BCUT2D eigenvalue weighted by atomic mass is 9.73. The molecule has 1 atom stereocenters. The number of carbonyl (C=O) groups excluding carboxylic acids is 2. The minimum atomic E-state index is -0.923. The van der Waals surface area contributed by atoms with Crippen molar-refractivity contribution < 1.29 is 29.0 Å². The van der Waals surface area contributed by atoms with Crippen LogP contribution in [-0.4, -0.2) is 69.9 Å². The molecule has 1 heterocycles. The summed E-state index contributed by atoms with van der Waals surface area (Å²) in [5.74, 6) is -0.936. The first kappa shape index (κ1) is 29.5. The van der Waals surface area contributed by atoms with Crippen molar-refractivity contribution in [2.75, 3.05) is 19.7 Å². The van der Waals surface area contributed by atoms with Gasteiger partial charge in [-0.25, -0.2) is 9.59 Å². The number of fused-ring (bicyclic) bond motifs is 3. The quantitative estimate of drug-likeness (QED) is 0.383. The highest BCUT2D eigenvalue weighted by Crippen LogP contribution is 2.49. The summed E-state index contributed by atoms with van der Waals surface area (Å²) in [7, 11) is 0. The Hall–Kier alpha value is -3.55. The van der Waals surface area contributed by atoms with E-state index in [1.165, 1.54) is 0 Å². The van der Waals surface area contributed by atoms with Crippen molar-refractivity contribution in [3.8, 4) is 11.1 Å². The van der Waals surface area contributed by atoms with E-state index in [1.54, 1.807) is 4.90 Å². The molecule has 230 valence electrons. The topological polar surface area (TPSA) is 96.4 Å². The Kier molecular flexibility index (Phi) is 7.68. The lowest BCUT2D eigenvalue weighted by Gasteiger charge is -2.53. The zero-order valence-corrected chi connectivity index (χ0v) is 25.6. The van der Waals surface area contributed by atoms with Crippen LogP contribution >= 0.6 is 0 Å². The molecule has 2 aromatic carbocycles. The van der Waals surface area contributed by atoms with Crippen LogP contribution in [-0.2, 0) is 14.3 Å². The van der Waals surface area contributed by atoms with Crippen LogP contribution in [0.4, 0.5) is 9.59 Å². The van der Waals surface area contributed by atoms with Crippen molar-refractivity contribution in [3.63, 3.8) is 0 Å². The number of carboxylic acid groups (broad SMARTS) is 1. The fourth-order valence-electron chi connectivity index (χ4n) is 7.65. The Morgan fingerprint density at radius 3 is 2.09 bits per heavy atom. The summed E-state index contributed by atoms with van der Waals surface area (Å²) < 4.78 is 11.9. The molecule has 2 saturated carbocycles. The minimum Gasteiger partial charge on any atom is -0.481 e. The molecule has 3 aliphatic carbocycles. The largest absolute Gasteiger partial charge is 0.481 e. The molecule has 1 spiro atoms. The fraction of sp³-hybridized carbons (Fsp3) is 0.571. The van der Waals surface area contributed by atoms with Crippen molar-refractivity contribution in [1.82, 2.24) is 9.80 Å². The summed E-state index contributed by atoms with van der Waals surface area (Å²) in [5.41, 5.74) is 2.66. The van der Waals surface area contributed by atoms with Gasteiger partial charge in [-0.2, -0.15) is 0 Å². The predicted molar refractivity (Wildman–Crippen MR) is 163 cm³/mol. The Morgan fingerprint density at radius 2 is 1.53 bits per heavy atom. The smallest absolute Gasteiger partial charge is 0.410 e. The Labute approximate surface area is 254 Å². The Bertz CT molecular complexity index is 1340. The van der Waals surface area contributed by atoms with Crippen LogP contribution in [0.1, 0.15) is 95.6 Å². The highest BCUT2D eigenvalue weighted by Gasteiger charge is 2.55. The molecule has 0 radical (unpaired) electrons. The van der Waals surface area contributed by atoms with Crippen LogP contribution in [0.5, 0.6) is 0 Å². The monoisotopic (exact) mass is 588 g/mol. The second kappa shape index (κ2) is 11.2. The van der Waals surface area contributed by atoms with Crippen LogP contribution in [0.25, 0.3) is 11.1 Å². The molecule has 0 bridgehead atoms. The number of aliphatic carboxylic acids is 1. The summed E-state index contributed by atoms with van der Waals surface area (Å²) in [4.78, 5) is 43.3. The van der Waals surface area contributed by atoms with Gasteiger partial charge in [-0.15, -0.1) is 0 Å². The van der Waals surface area contributed by atoms with Crippen molar-refractivity contribution in [3.05, 3.63) is 59.7 Å². The molecular weight excluding hydrogens is 544 g/mol. The maximum atomic E-state index is 14.0. The van der Waals surface area contributed by atoms with Crippen molar-refractivity contribution in [1.29, 1.82) is 0 Å². The number of hydrogen-bond donors (Lipinski definition) is 1. The maximum Gasteiger partial charge on any atom is 0.410 e. The zero-order chi connectivity index (χ0) is 30.4. The molecular formula is C35H44N2O6. The van der Waals surface area contributed by atoms with E-state index < -0.39 is 28.6 Å². The van der Waals surface area contributed by atoms with Gasteiger partial charge in [0, 0.05) is 30.6 Å². The normalized spacial score (nSPS) is 21.9. The first-order valence-electron chi connectivity index (χ1n) is 15.9. The summed E-state index contributed by atoms with van der Waals surface area (Å²) in [6, 6.07) is 16.2. The number of carboxylic acids is 1. The number of nitrogens with zero attached hydrogens (tertiary/aromatic N) is 2. The molecule has 3 fully saturated rings. The number of hydrogen-bond acceptors (Lipinski definition) is 5. The maximum absolute atomic E-state index is 14.0. The van der Waals surface area contributed by atoms with E-state index in [4.69, 9.17) is 9.47 Å². The number of carbonyl (C=O) groups is 3. The van der Waals surface area contributed by atoms with Crippen LogP contribution in [0, 0.1) is 5.41 Å². The molecule has 4 aliphatic rings. The third-order valence-electron chi connectivity index (χ3n) is 10.1. The minimum absolute atomic E-state index is 0.0775. The number of benzene rings is 2. The van der Waals surface area contributed by atoms with Crippen LogP contribution in [0.2, 0.25) is 0 Å². The van der Waals surface area contributed by atoms with Crippen molar-refractivity contribution in [2.45, 2.75) is 102 Å². The number of amides is 2. The van der Waals surface area contributed by atoms with Gasteiger partial charge in [-0.1, -0.05) is 67.8 Å². The second-order valence-corrected chi connectivity index (χ2v) is 14.1. The second-order valence-electron chi connectivity index (χ2n) is 14.1. The molecule has 2 amide bonds. The van der Waals surface area contributed by atoms with E-state index >= 15 is 0 Å². The fourth-order valence-corrected chi connectivity index (χ4v) is 7.65. The Morgan fingerprint density at radius 1 is 0.930 bits per heavy atom. The number of rotatable bonds is 6. The molecule has 6 rings (SSSR count). The van der Waals surface area contributed by atoms with Crippen molar-refractivity contribution >= 4 is 18.2 Å². The first-order chi connectivity index (χ1) is 20.5. The van der Waals surface area contributed by atoms with Gasteiger partial charge < -0.3 is 24.4 Å². The summed E-state index contributed by atoms with van der Waals surface area (Å²) in [6.07, 6.45) is 6.35. The lowest BCUT2D eigenvalue weighted by molar-refractivity contribution is -0.144. The first-order valence-corrected chi connectivity index (χ1v) is 15.9. The molecule has 1 aliphatic heterocycles. The molecule has 2 aromatic rings. The van der Waals surface area contributed by atoms with Gasteiger partial charge >= 0.3 is 18.2 Å².